The molecule has 1 rings (SSSR count). The van der Waals surface area contributed by atoms with E-state index in [2.05, 4.69) is 17.0 Å². The third-order valence-corrected chi connectivity index (χ3v) is 4.29. The van der Waals surface area contributed by atoms with E-state index in [1.54, 1.807) is 25.2 Å². The third kappa shape index (κ3) is 4.31. The standard InChI is InChI=1S/C13H22N2O2S/c1-3-4-5-8-11-15-18(16,17)13-10-7-6-9-12(13)14-2/h6-7,9-10,14-15H,3-5,8,11H2,1-2H3. The van der Waals surface area contributed by atoms with Gasteiger partial charge < -0.3 is 5.32 Å². The van der Waals surface area contributed by atoms with E-state index in [1.165, 1.54) is 0 Å². The predicted molar refractivity (Wildman–Crippen MR) is 75.3 cm³/mol. The SMILES string of the molecule is CCCCCCNS(=O)(=O)c1ccccc1NC. The number of unbranched alkanes of at least 4 members (excludes halogenated alkanes) is 3. The molecular formula is C13H22N2O2S. The maximum atomic E-state index is 12.1. The van der Waals surface area contributed by atoms with Gasteiger partial charge in [0.05, 0.1) is 5.69 Å². The molecule has 18 heavy (non-hydrogen) atoms. The molecule has 0 aliphatic carbocycles. The Hall–Kier alpha value is -1.07. The first-order valence-electron chi connectivity index (χ1n) is 6.38. The molecule has 0 spiro atoms. The van der Waals surface area contributed by atoms with Crippen molar-refractivity contribution in [3.63, 3.8) is 0 Å². The summed E-state index contributed by atoms with van der Waals surface area (Å²) in [5.74, 6) is 0. The number of rotatable bonds is 8. The van der Waals surface area contributed by atoms with Crippen molar-refractivity contribution in [3.05, 3.63) is 24.3 Å². The van der Waals surface area contributed by atoms with E-state index in [0.717, 1.165) is 25.7 Å². The van der Waals surface area contributed by atoms with E-state index in [9.17, 15) is 8.42 Å². The van der Waals surface area contributed by atoms with E-state index < -0.39 is 10.0 Å². The fourth-order valence-corrected chi connectivity index (χ4v) is 3.03. The average Bonchev–Trinajstić information content (AvgIpc) is 2.38. The van der Waals surface area contributed by atoms with Gasteiger partial charge in [-0.05, 0) is 18.6 Å². The Bertz CT molecular complexity index is 458. The molecule has 2 N–H and O–H groups in total. The van der Waals surface area contributed by atoms with Gasteiger partial charge in [-0.3, -0.25) is 0 Å². The molecule has 4 nitrogen and oxygen atoms in total. The molecular weight excluding hydrogens is 248 g/mol. The molecule has 0 heterocycles. The summed E-state index contributed by atoms with van der Waals surface area (Å²) in [6.45, 7) is 2.63. The molecule has 102 valence electrons. The van der Waals surface area contributed by atoms with Gasteiger partial charge in [0.2, 0.25) is 10.0 Å². The quantitative estimate of drug-likeness (QED) is 0.714. The first-order valence-corrected chi connectivity index (χ1v) is 7.86. The fourth-order valence-electron chi connectivity index (χ4n) is 1.74. The molecule has 0 aliphatic rings. The number of anilines is 1. The molecule has 1 aromatic carbocycles. The van der Waals surface area contributed by atoms with Crippen molar-refractivity contribution in [1.82, 2.24) is 4.72 Å². The van der Waals surface area contributed by atoms with E-state index in [0.29, 0.717) is 17.1 Å². The Morgan fingerprint density at radius 1 is 1.11 bits per heavy atom. The lowest BCUT2D eigenvalue weighted by atomic mass is 10.2. The molecule has 5 heteroatoms. The van der Waals surface area contributed by atoms with Crippen molar-refractivity contribution in [2.24, 2.45) is 0 Å². The van der Waals surface area contributed by atoms with Crippen molar-refractivity contribution in [2.75, 3.05) is 18.9 Å². The van der Waals surface area contributed by atoms with Crippen LogP contribution in [0.4, 0.5) is 5.69 Å². The maximum absolute atomic E-state index is 12.1. The van der Waals surface area contributed by atoms with Crippen molar-refractivity contribution < 1.29 is 8.42 Å². The number of hydrogen-bond donors (Lipinski definition) is 2. The van der Waals surface area contributed by atoms with Crippen LogP contribution >= 0.6 is 0 Å². The van der Waals surface area contributed by atoms with Gasteiger partial charge in [-0.2, -0.15) is 0 Å². The van der Waals surface area contributed by atoms with Gasteiger partial charge >= 0.3 is 0 Å². The highest BCUT2D eigenvalue weighted by atomic mass is 32.2. The molecule has 0 radical (unpaired) electrons. The zero-order valence-electron chi connectivity index (χ0n) is 11.1. The topological polar surface area (TPSA) is 58.2 Å². The zero-order chi connectivity index (χ0) is 13.4. The normalized spacial score (nSPS) is 11.4. The van der Waals surface area contributed by atoms with Crippen LogP contribution in [0.5, 0.6) is 0 Å². The van der Waals surface area contributed by atoms with Crippen LogP contribution in [-0.4, -0.2) is 22.0 Å². The van der Waals surface area contributed by atoms with Gasteiger partial charge in [-0.25, -0.2) is 13.1 Å². The Morgan fingerprint density at radius 2 is 1.83 bits per heavy atom. The molecule has 0 unspecified atom stereocenters. The van der Waals surface area contributed by atoms with E-state index >= 15 is 0 Å². The summed E-state index contributed by atoms with van der Waals surface area (Å²) < 4.78 is 26.8. The number of hydrogen-bond acceptors (Lipinski definition) is 3. The van der Waals surface area contributed by atoms with Crippen LogP contribution in [0.2, 0.25) is 0 Å². The highest BCUT2D eigenvalue weighted by Crippen LogP contribution is 2.19. The second-order valence-corrected chi connectivity index (χ2v) is 5.94. The summed E-state index contributed by atoms with van der Waals surface area (Å²) >= 11 is 0. The monoisotopic (exact) mass is 270 g/mol. The zero-order valence-corrected chi connectivity index (χ0v) is 11.9. The highest BCUT2D eigenvalue weighted by Gasteiger charge is 2.16. The van der Waals surface area contributed by atoms with Crippen LogP contribution in [-0.2, 0) is 10.0 Å². The largest absolute Gasteiger partial charge is 0.387 e. The van der Waals surface area contributed by atoms with Crippen LogP contribution < -0.4 is 10.0 Å². The molecule has 0 bridgehead atoms. The number of nitrogens with one attached hydrogen (secondary N) is 2. The summed E-state index contributed by atoms with van der Waals surface area (Å²) in [7, 11) is -1.68. The molecule has 0 saturated heterocycles. The second kappa shape index (κ2) is 7.38. The van der Waals surface area contributed by atoms with Crippen LogP contribution in [0, 0.1) is 0 Å². The molecule has 0 atom stereocenters. The first kappa shape index (κ1) is 15.0. The van der Waals surface area contributed by atoms with Crippen LogP contribution in [0.3, 0.4) is 0 Å². The minimum absolute atomic E-state index is 0.308. The highest BCUT2D eigenvalue weighted by molar-refractivity contribution is 7.89. The second-order valence-electron chi connectivity index (χ2n) is 4.20. The lowest BCUT2D eigenvalue weighted by Crippen LogP contribution is -2.25. The summed E-state index contributed by atoms with van der Waals surface area (Å²) in [4.78, 5) is 0.308. The van der Waals surface area contributed by atoms with Gasteiger partial charge in [0, 0.05) is 13.6 Å². The fraction of sp³-hybridized carbons (Fsp3) is 0.538. The molecule has 0 saturated carbocycles. The number of sulfonamides is 1. The van der Waals surface area contributed by atoms with Crippen LogP contribution in [0.15, 0.2) is 29.2 Å². The summed E-state index contributed by atoms with van der Waals surface area (Å²) in [5.41, 5.74) is 0.624. The Kier molecular flexibility index (Phi) is 6.15. The maximum Gasteiger partial charge on any atom is 0.242 e. The van der Waals surface area contributed by atoms with E-state index in [-0.39, 0.29) is 0 Å². The lowest BCUT2D eigenvalue weighted by Gasteiger charge is -2.10. The molecule has 1 aromatic rings. The van der Waals surface area contributed by atoms with Gasteiger partial charge in [-0.15, -0.1) is 0 Å². The summed E-state index contributed by atoms with van der Waals surface area (Å²) in [5, 5.41) is 2.89. The predicted octanol–water partition coefficient (Wildman–Crippen LogP) is 2.59. The average molecular weight is 270 g/mol. The van der Waals surface area contributed by atoms with E-state index in [1.807, 2.05) is 6.07 Å². The molecule has 0 aliphatic heterocycles. The summed E-state index contributed by atoms with van der Waals surface area (Å²) in [6.07, 6.45) is 4.24. The first-order chi connectivity index (χ1) is 8.61. The van der Waals surface area contributed by atoms with Crippen molar-refractivity contribution in [2.45, 2.75) is 37.5 Å². The Labute approximate surface area is 110 Å². The third-order valence-electron chi connectivity index (χ3n) is 2.77. The van der Waals surface area contributed by atoms with Crippen molar-refractivity contribution in [1.29, 1.82) is 0 Å². The van der Waals surface area contributed by atoms with Gasteiger partial charge in [0.25, 0.3) is 0 Å². The lowest BCUT2D eigenvalue weighted by molar-refractivity contribution is 0.574. The van der Waals surface area contributed by atoms with Gasteiger partial charge in [0.15, 0.2) is 0 Å². The Balaban J connectivity index is 2.63. The molecule has 0 aromatic heterocycles. The summed E-state index contributed by atoms with van der Waals surface area (Å²) in [6, 6.07) is 6.91. The van der Waals surface area contributed by atoms with Crippen LogP contribution in [0.25, 0.3) is 0 Å². The number of para-hydroxylation sites is 1. The van der Waals surface area contributed by atoms with E-state index in [4.69, 9.17) is 0 Å². The molecule has 0 fully saturated rings. The van der Waals surface area contributed by atoms with Gasteiger partial charge in [0.1, 0.15) is 4.90 Å². The minimum Gasteiger partial charge on any atom is -0.387 e. The minimum atomic E-state index is -3.40. The smallest absolute Gasteiger partial charge is 0.242 e. The van der Waals surface area contributed by atoms with Crippen molar-refractivity contribution in [3.8, 4) is 0 Å². The number of benzene rings is 1. The van der Waals surface area contributed by atoms with Gasteiger partial charge in [-0.1, -0.05) is 38.3 Å². The molecule has 0 amide bonds. The van der Waals surface area contributed by atoms with Crippen molar-refractivity contribution >= 4 is 15.7 Å². The van der Waals surface area contributed by atoms with Crippen LogP contribution in [0.1, 0.15) is 32.6 Å². The Morgan fingerprint density at radius 3 is 2.50 bits per heavy atom.